The van der Waals surface area contributed by atoms with Crippen molar-refractivity contribution in [2.75, 3.05) is 0 Å². The van der Waals surface area contributed by atoms with Crippen LogP contribution in [0.2, 0.25) is 0 Å². The summed E-state index contributed by atoms with van der Waals surface area (Å²) in [5, 5.41) is -0.0461. The summed E-state index contributed by atoms with van der Waals surface area (Å²) in [5.41, 5.74) is 2.28. The van der Waals surface area contributed by atoms with E-state index in [4.69, 9.17) is 16.6 Å². The lowest BCUT2D eigenvalue weighted by Gasteiger charge is -2.19. The van der Waals surface area contributed by atoms with E-state index < -0.39 is 0 Å². The van der Waals surface area contributed by atoms with Gasteiger partial charge in [-0.1, -0.05) is 15.9 Å². The molecule has 4 heteroatoms. The molecule has 21 heavy (non-hydrogen) atoms. The zero-order valence-electron chi connectivity index (χ0n) is 12.2. The number of benzene rings is 1. The van der Waals surface area contributed by atoms with Crippen LogP contribution >= 0.6 is 27.5 Å². The molecule has 112 valence electrons. The first-order valence-electron chi connectivity index (χ1n) is 7.93. The van der Waals surface area contributed by atoms with Crippen molar-refractivity contribution in [1.82, 2.24) is 9.55 Å². The van der Waals surface area contributed by atoms with Crippen LogP contribution in [-0.2, 0) is 6.54 Å². The number of imidazole rings is 1. The van der Waals surface area contributed by atoms with Gasteiger partial charge in [-0.2, -0.15) is 0 Å². The SMILES string of the molecule is CC(Cl)c1nc2ccc(Br)cc2n1CC(C1CC1)C1CC1. The van der Waals surface area contributed by atoms with E-state index >= 15 is 0 Å². The summed E-state index contributed by atoms with van der Waals surface area (Å²) >= 11 is 9.99. The Morgan fingerprint density at radius 2 is 1.95 bits per heavy atom. The second kappa shape index (κ2) is 5.27. The molecule has 4 rings (SSSR count). The Hall–Kier alpha value is -0.540. The molecule has 2 nitrogen and oxygen atoms in total. The topological polar surface area (TPSA) is 17.8 Å². The van der Waals surface area contributed by atoms with E-state index in [1.165, 1.54) is 31.2 Å². The van der Waals surface area contributed by atoms with E-state index in [9.17, 15) is 0 Å². The highest BCUT2D eigenvalue weighted by Gasteiger charge is 2.41. The molecule has 0 N–H and O–H groups in total. The number of aromatic nitrogens is 2. The molecule has 1 heterocycles. The lowest BCUT2D eigenvalue weighted by molar-refractivity contribution is 0.348. The van der Waals surface area contributed by atoms with Crippen LogP contribution in [0, 0.1) is 17.8 Å². The third kappa shape index (κ3) is 2.75. The van der Waals surface area contributed by atoms with Gasteiger partial charge in [-0.15, -0.1) is 11.6 Å². The summed E-state index contributed by atoms with van der Waals surface area (Å²) < 4.78 is 3.50. The third-order valence-electron chi connectivity index (χ3n) is 4.94. The van der Waals surface area contributed by atoms with Gasteiger partial charge in [0.2, 0.25) is 0 Å². The molecule has 2 aliphatic rings. The van der Waals surface area contributed by atoms with Crippen molar-refractivity contribution < 1.29 is 0 Å². The maximum Gasteiger partial charge on any atom is 0.127 e. The highest BCUT2D eigenvalue weighted by molar-refractivity contribution is 9.10. The van der Waals surface area contributed by atoms with Crippen LogP contribution < -0.4 is 0 Å². The van der Waals surface area contributed by atoms with Gasteiger partial charge in [-0.25, -0.2) is 4.98 Å². The first-order chi connectivity index (χ1) is 10.1. The molecule has 1 aromatic heterocycles. The fraction of sp³-hybridized carbons (Fsp3) is 0.588. The number of fused-ring (bicyclic) bond motifs is 1. The molecule has 0 saturated heterocycles. The lowest BCUT2D eigenvalue weighted by atomic mass is 9.97. The Labute approximate surface area is 139 Å². The lowest BCUT2D eigenvalue weighted by Crippen LogP contribution is -2.17. The first kappa shape index (κ1) is 14.1. The summed E-state index contributed by atoms with van der Waals surface area (Å²) in [7, 11) is 0. The van der Waals surface area contributed by atoms with E-state index in [2.05, 4.69) is 38.7 Å². The molecule has 1 unspecified atom stereocenters. The minimum atomic E-state index is -0.0461. The Morgan fingerprint density at radius 3 is 2.52 bits per heavy atom. The van der Waals surface area contributed by atoms with Crippen LogP contribution in [0.4, 0.5) is 0 Å². The maximum atomic E-state index is 6.40. The van der Waals surface area contributed by atoms with Gasteiger partial charge in [0.05, 0.1) is 16.4 Å². The average Bonchev–Trinajstić information content (AvgIpc) is 3.33. The van der Waals surface area contributed by atoms with E-state index in [-0.39, 0.29) is 5.38 Å². The number of hydrogen-bond acceptors (Lipinski definition) is 1. The van der Waals surface area contributed by atoms with Crippen molar-refractivity contribution in [2.24, 2.45) is 17.8 Å². The summed E-state index contributed by atoms with van der Waals surface area (Å²) in [6, 6.07) is 6.32. The van der Waals surface area contributed by atoms with E-state index in [0.29, 0.717) is 0 Å². The molecule has 0 radical (unpaired) electrons. The predicted octanol–water partition coefficient (Wildman–Crippen LogP) is 5.53. The van der Waals surface area contributed by atoms with Gasteiger partial charge < -0.3 is 4.57 Å². The monoisotopic (exact) mass is 366 g/mol. The summed E-state index contributed by atoms with van der Waals surface area (Å²) in [6.45, 7) is 3.12. The van der Waals surface area contributed by atoms with Gasteiger partial charge in [-0.05, 0) is 68.6 Å². The van der Waals surface area contributed by atoms with Crippen molar-refractivity contribution in [3.05, 3.63) is 28.5 Å². The maximum absolute atomic E-state index is 6.40. The molecular formula is C17H20BrClN2. The summed E-state index contributed by atoms with van der Waals surface area (Å²) in [4.78, 5) is 4.78. The largest absolute Gasteiger partial charge is 0.326 e. The second-order valence-electron chi connectivity index (χ2n) is 6.67. The summed E-state index contributed by atoms with van der Waals surface area (Å²) in [6.07, 6.45) is 5.68. The zero-order valence-corrected chi connectivity index (χ0v) is 14.6. The highest BCUT2D eigenvalue weighted by Crippen LogP contribution is 2.50. The van der Waals surface area contributed by atoms with Crippen molar-refractivity contribution in [3.8, 4) is 0 Å². The fourth-order valence-electron chi connectivity index (χ4n) is 3.55. The van der Waals surface area contributed by atoms with Gasteiger partial charge in [-0.3, -0.25) is 0 Å². The van der Waals surface area contributed by atoms with Crippen LogP contribution in [0.15, 0.2) is 22.7 Å². The Balaban J connectivity index is 1.77. The normalized spacial score (nSPS) is 20.4. The standard InChI is InChI=1S/C17H20BrClN2/c1-10(19)17-20-15-7-6-13(18)8-16(15)21(17)9-14(11-2-3-11)12-4-5-12/h6-8,10-12,14H,2-5,9H2,1H3. The number of nitrogens with zero attached hydrogens (tertiary/aromatic N) is 2. The quantitative estimate of drug-likeness (QED) is 0.635. The molecular weight excluding hydrogens is 348 g/mol. The third-order valence-corrected chi connectivity index (χ3v) is 5.63. The van der Waals surface area contributed by atoms with Crippen molar-refractivity contribution in [2.45, 2.75) is 44.5 Å². The van der Waals surface area contributed by atoms with E-state index in [1.807, 2.05) is 6.92 Å². The molecule has 2 aliphatic carbocycles. The average molecular weight is 368 g/mol. The smallest absolute Gasteiger partial charge is 0.127 e. The molecule has 0 amide bonds. The first-order valence-corrected chi connectivity index (χ1v) is 9.16. The minimum Gasteiger partial charge on any atom is -0.326 e. The van der Waals surface area contributed by atoms with Gasteiger partial charge in [0.1, 0.15) is 5.82 Å². The zero-order chi connectivity index (χ0) is 14.6. The summed E-state index contributed by atoms with van der Waals surface area (Å²) in [5.74, 6) is 3.74. The minimum absolute atomic E-state index is 0.0461. The van der Waals surface area contributed by atoms with Crippen molar-refractivity contribution in [3.63, 3.8) is 0 Å². The van der Waals surface area contributed by atoms with Gasteiger partial charge >= 0.3 is 0 Å². The fourth-order valence-corrected chi connectivity index (χ4v) is 4.07. The number of halogens is 2. The molecule has 1 atom stereocenters. The number of alkyl halides is 1. The number of rotatable bonds is 5. The predicted molar refractivity (Wildman–Crippen MR) is 90.6 cm³/mol. The van der Waals surface area contributed by atoms with Gasteiger partial charge in [0, 0.05) is 11.0 Å². The molecule has 1 aromatic carbocycles. The number of hydrogen-bond donors (Lipinski definition) is 0. The molecule has 0 bridgehead atoms. The van der Waals surface area contributed by atoms with E-state index in [1.54, 1.807) is 0 Å². The molecule has 2 aromatic rings. The van der Waals surface area contributed by atoms with Crippen LogP contribution in [0.1, 0.15) is 43.8 Å². The van der Waals surface area contributed by atoms with Crippen molar-refractivity contribution >= 4 is 38.6 Å². The van der Waals surface area contributed by atoms with E-state index in [0.717, 1.165) is 40.1 Å². The second-order valence-corrected chi connectivity index (χ2v) is 8.24. The Morgan fingerprint density at radius 1 is 1.29 bits per heavy atom. The molecule has 0 aliphatic heterocycles. The molecule has 2 saturated carbocycles. The van der Waals surface area contributed by atoms with Crippen LogP contribution in [-0.4, -0.2) is 9.55 Å². The molecule has 2 fully saturated rings. The Bertz CT molecular complexity index is 659. The van der Waals surface area contributed by atoms with Crippen molar-refractivity contribution in [1.29, 1.82) is 0 Å². The van der Waals surface area contributed by atoms with Crippen LogP contribution in [0.3, 0.4) is 0 Å². The van der Waals surface area contributed by atoms with Crippen LogP contribution in [0.25, 0.3) is 11.0 Å². The van der Waals surface area contributed by atoms with Gasteiger partial charge in [0.15, 0.2) is 0 Å². The van der Waals surface area contributed by atoms with Crippen LogP contribution in [0.5, 0.6) is 0 Å². The highest BCUT2D eigenvalue weighted by atomic mass is 79.9. The van der Waals surface area contributed by atoms with Gasteiger partial charge in [0.25, 0.3) is 0 Å². The Kier molecular flexibility index (Phi) is 3.54. The molecule has 0 spiro atoms.